The van der Waals surface area contributed by atoms with E-state index in [2.05, 4.69) is 33.8 Å². The molecule has 0 amide bonds. The van der Waals surface area contributed by atoms with Crippen molar-refractivity contribution in [3.05, 3.63) is 23.4 Å². The first-order chi connectivity index (χ1) is 10.2. The molecule has 0 radical (unpaired) electrons. The average Bonchev–Trinajstić information content (AvgIpc) is 2.53. The largest absolute Gasteiger partial charge is 0.353 e. The molecule has 1 fully saturated rings. The van der Waals surface area contributed by atoms with Crippen LogP contribution in [0.3, 0.4) is 0 Å². The van der Waals surface area contributed by atoms with Gasteiger partial charge in [-0.15, -0.1) is 0 Å². The third kappa shape index (κ3) is 3.51. The Morgan fingerprint density at radius 1 is 1.24 bits per heavy atom. The average molecular weight is 283 g/mol. The molecule has 2 heterocycles. The van der Waals surface area contributed by atoms with Gasteiger partial charge < -0.3 is 4.90 Å². The number of nitrogens with zero attached hydrogens (tertiary/aromatic N) is 5. The number of piperazine rings is 1. The SMILES string of the molecule is CCCC(C#N)N1CCN(c2nc(C)ccc2C#N)CC1. The number of hydrogen-bond acceptors (Lipinski definition) is 5. The van der Waals surface area contributed by atoms with Gasteiger partial charge in [0.1, 0.15) is 11.9 Å². The van der Waals surface area contributed by atoms with E-state index in [9.17, 15) is 10.5 Å². The normalized spacial score (nSPS) is 17.0. The van der Waals surface area contributed by atoms with Crippen LogP contribution in [0.1, 0.15) is 31.0 Å². The Hall–Kier alpha value is -2.11. The lowest BCUT2D eigenvalue weighted by Gasteiger charge is -2.37. The third-order valence-electron chi connectivity index (χ3n) is 3.90. The van der Waals surface area contributed by atoms with Gasteiger partial charge in [-0.1, -0.05) is 13.3 Å². The van der Waals surface area contributed by atoms with Gasteiger partial charge in [0.25, 0.3) is 0 Å². The molecule has 0 spiro atoms. The van der Waals surface area contributed by atoms with E-state index >= 15 is 0 Å². The summed E-state index contributed by atoms with van der Waals surface area (Å²) >= 11 is 0. The molecular formula is C16H21N5. The summed E-state index contributed by atoms with van der Waals surface area (Å²) in [6.07, 6.45) is 1.94. The Balaban J connectivity index is 2.06. The Kier molecular flexibility index (Phi) is 5.14. The maximum atomic E-state index is 9.25. The summed E-state index contributed by atoms with van der Waals surface area (Å²) in [4.78, 5) is 8.91. The summed E-state index contributed by atoms with van der Waals surface area (Å²) < 4.78 is 0. The van der Waals surface area contributed by atoms with Crippen molar-refractivity contribution in [1.82, 2.24) is 9.88 Å². The fraction of sp³-hybridized carbons (Fsp3) is 0.562. The minimum absolute atomic E-state index is 0.0121. The van der Waals surface area contributed by atoms with E-state index < -0.39 is 0 Å². The molecule has 1 aliphatic rings. The molecule has 0 aliphatic carbocycles. The smallest absolute Gasteiger partial charge is 0.146 e. The highest BCUT2D eigenvalue weighted by Crippen LogP contribution is 2.20. The van der Waals surface area contributed by atoms with Crippen LogP contribution in [0, 0.1) is 29.6 Å². The number of hydrogen-bond donors (Lipinski definition) is 0. The van der Waals surface area contributed by atoms with Crippen molar-refractivity contribution in [2.75, 3.05) is 31.1 Å². The number of anilines is 1. The second kappa shape index (κ2) is 7.06. The van der Waals surface area contributed by atoms with E-state index in [0.29, 0.717) is 5.56 Å². The highest BCUT2D eigenvalue weighted by atomic mass is 15.3. The molecule has 0 saturated carbocycles. The van der Waals surface area contributed by atoms with Crippen LogP contribution in [0.15, 0.2) is 12.1 Å². The summed E-state index contributed by atoms with van der Waals surface area (Å²) in [6.45, 7) is 7.36. The molecule has 0 aromatic carbocycles. The van der Waals surface area contributed by atoms with E-state index in [1.165, 1.54) is 0 Å². The van der Waals surface area contributed by atoms with Crippen molar-refractivity contribution >= 4 is 5.82 Å². The van der Waals surface area contributed by atoms with Gasteiger partial charge in [0.2, 0.25) is 0 Å². The van der Waals surface area contributed by atoms with E-state index in [-0.39, 0.29) is 6.04 Å². The lowest BCUT2D eigenvalue weighted by atomic mass is 10.1. The van der Waals surface area contributed by atoms with E-state index in [1.54, 1.807) is 0 Å². The van der Waals surface area contributed by atoms with Crippen LogP contribution in [0.5, 0.6) is 0 Å². The minimum Gasteiger partial charge on any atom is -0.353 e. The number of nitriles is 2. The molecule has 1 aromatic rings. The number of aryl methyl sites for hydroxylation is 1. The van der Waals surface area contributed by atoms with Crippen LogP contribution in [0.25, 0.3) is 0 Å². The molecule has 1 unspecified atom stereocenters. The minimum atomic E-state index is 0.0121. The number of rotatable bonds is 4. The third-order valence-corrected chi connectivity index (χ3v) is 3.90. The Morgan fingerprint density at radius 2 is 1.95 bits per heavy atom. The van der Waals surface area contributed by atoms with E-state index in [1.807, 2.05) is 19.1 Å². The van der Waals surface area contributed by atoms with Gasteiger partial charge in [0.05, 0.1) is 17.7 Å². The predicted octanol–water partition coefficient (Wildman–Crippen LogP) is 2.08. The molecule has 5 nitrogen and oxygen atoms in total. The Labute approximate surface area is 126 Å². The van der Waals surface area contributed by atoms with Crippen LogP contribution in [-0.2, 0) is 0 Å². The maximum Gasteiger partial charge on any atom is 0.146 e. The second-order valence-corrected chi connectivity index (χ2v) is 5.39. The Morgan fingerprint density at radius 3 is 2.52 bits per heavy atom. The lowest BCUT2D eigenvalue weighted by molar-refractivity contribution is 0.211. The fourth-order valence-corrected chi connectivity index (χ4v) is 2.72. The molecule has 1 aliphatic heterocycles. The highest BCUT2D eigenvalue weighted by Gasteiger charge is 2.24. The lowest BCUT2D eigenvalue weighted by Crippen LogP contribution is -2.50. The van der Waals surface area contributed by atoms with Crippen LogP contribution >= 0.6 is 0 Å². The van der Waals surface area contributed by atoms with Crippen LogP contribution < -0.4 is 4.90 Å². The molecule has 21 heavy (non-hydrogen) atoms. The van der Waals surface area contributed by atoms with Crippen molar-refractivity contribution in [3.63, 3.8) is 0 Å². The zero-order valence-electron chi connectivity index (χ0n) is 12.7. The molecule has 0 N–H and O–H groups in total. The second-order valence-electron chi connectivity index (χ2n) is 5.39. The first-order valence-electron chi connectivity index (χ1n) is 7.46. The molecule has 1 saturated heterocycles. The monoisotopic (exact) mass is 283 g/mol. The van der Waals surface area contributed by atoms with Crippen molar-refractivity contribution < 1.29 is 0 Å². The molecule has 110 valence electrons. The quantitative estimate of drug-likeness (QED) is 0.846. The highest BCUT2D eigenvalue weighted by molar-refractivity contribution is 5.54. The van der Waals surface area contributed by atoms with Crippen molar-refractivity contribution in [2.45, 2.75) is 32.7 Å². The van der Waals surface area contributed by atoms with Crippen molar-refractivity contribution in [2.24, 2.45) is 0 Å². The van der Waals surface area contributed by atoms with Gasteiger partial charge in [-0.25, -0.2) is 4.98 Å². The number of aromatic nitrogens is 1. The van der Waals surface area contributed by atoms with Crippen molar-refractivity contribution in [1.29, 1.82) is 10.5 Å². The maximum absolute atomic E-state index is 9.25. The van der Waals surface area contributed by atoms with Gasteiger partial charge in [-0.3, -0.25) is 4.90 Å². The van der Waals surface area contributed by atoms with Gasteiger partial charge in [0, 0.05) is 31.9 Å². The number of pyridine rings is 1. The van der Waals surface area contributed by atoms with Crippen LogP contribution in [0.4, 0.5) is 5.82 Å². The van der Waals surface area contributed by atoms with Gasteiger partial charge in [-0.05, 0) is 25.5 Å². The molecule has 5 heteroatoms. The summed E-state index contributed by atoms with van der Waals surface area (Å²) in [5.74, 6) is 0.779. The summed E-state index contributed by atoms with van der Waals surface area (Å²) in [7, 11) is 0. The zero-order chi connectivity index (χ0) is 15.2. The van der Waals surface area contributed by atoms with E-state index in [4.69, 9.17) is 0 Å². The van der Waals surface area contributed by atoms with Gasteiger partial charge in [-0.2, -0.15) is 10.5 Å². The summed E-state index contributed by atoms with van der Waals surface area (Å²) in [5.41, 5.74) is 1.55. The standard InChI is InChI=1S/C16H21N5/c1-3-4-15(12-18)20-7-9-21(10-8-20)16-14(11-17)6-5-13(2)19-16/h5-6,15H,3-4,7-10H2,1-2H3. The first kappa shape index (κ1) is 15.3. The van der Waals surface area contributed by atoms with Crippen LogP contribution in [-0.4, -0.2) is 42.1 Å². The molecular weight excluding hydrogens is 262 g/mol. The topological polar surface area (TPSA) is 67.0 Å². The molecule has 2 rings (SSSR count). The summed E-state index contributed by atoms with van der Waals surface area (Å²) in [5, 5.41) is 18.5. The predicted molar refractivity (Wildman–Crippen MR) is 81.8 cm³/mol. The van der Waals surface area contributed by atoms with Gasteiger partial charge in [0.15, 0.2) is 0 Å². The van der Waals surface area contributed by atoms with Crippen molar-refractivity contribution in [3.8, 4) is 12.1 Å². The summed E-state index contributed by atoms with van der Waals surface area (Å²) in [6, 6.07) is 8.32. The molecule has 1 aromatic heterocycles. The first-order valence-corrected chi connectivity index (χ1v) is 7.46. The van der Waals surface area contributed by atoms with E-state index in [0.717, 1.165) is 50.5 Å². The Bertz CT molecular complexity index is 561. The van der Waals surface area contributed by atoms with Crippen LogP contribution in [0.2, 0.25) is 0 Å². The fourth-order valence-electron chi connectivity index (χ4n) is 2.72. The van der Waals surface area contributed by atoms with Gasteiger partial charge >= 0.3 is 0 Å². The molecule has 0 bridgehead atoms. The zero-order valence-corrected chi connectivity index (χ0v) is 12.7. The molecule has 1 atom stereocenters.